The number of hydrogen-bond donors (Lipinski definition) is 2. The lowest BCUT2D eigenvalue weighted by Gasteiger charge is -2.12. The molecule has 17 heavy (non-hydrogen) atoms. The van der Waals surface area contributed by atoms with Gasteiger partial charge in [-0.25, -0.2) is 4.98 Å². The third kappa shape index (κ3) is 4.65. The number of amides is 1. The first-order chi connectivity index (χ1) is 8.17. The Kier molecular flexibility index (Phi) is 5.83. The molecule has 1 atom stereocenters. The van der Waals surface area contributed by atoms with Gasteiger partial charge in [0.1, 0.15) is 11.5 Å². The molecule has 0 spiro atoms. The van der Waals surface area contributed by atoms with Gasteiger partial charge in [-0.2, -0.15) is 11.8 Å². The van der Waals surface area contributed by atoms with Gasteiger partial charge in [-0.1, -0.05) is 6.07 Å². The van der Waals surface area contributed by atoms with Crippen LogP contribution in [0.2, 0.25) is 0 Å². The topological polar surface area (TPSA) is 54.0 Å². The zero-order valence-corrected chi connectivity index (χ0v) is 11.3. The largest absolute Gasteiger partial charge is 0.370 e. The summed E-state index contributed by atoms with van der Waals surface area (Å²) in [4.78, 5) is 16.1. The molecule has 0 aliphatic carbocycles. The van der Waals surface area contributed by atoms with Crippen LogP contribution in [0.15, 0.2) is 18.2 Å². The molecule has 1 unspecified atom stereocenters. The van der Waals surface area contributed by atoms with E-state index in [1.54, 1.807) is 17.8 Å². The molecule has 1 amide bonds. The molecule has 0 bridgehead atoms. The van der Waals surface area contributed by atoms with Crippen LogP contribution in [-0.4, -0.2) is 35.5 Å². The van der Waals surface area contributed by atoms with E-state index < -0.39 is 0 Å². The summed E-state index contributed by atoms with van der Waals surface area (Å²) in [6.07, 6.45) is 2.02. The number of thioether (sulfide) groups is 1. The van der Waals surface area contributed by atoms with Crippen molar-refractivity contribution in [3.05, 3.63) is 23.9 Å². The predicted octanol–water partition coefficient (Wildman–Crippen LogP) is 1.99. The summed E-state index contributed by atoms with van der Waals surface area (Å²) < 4.78 is 0. The number of aromatic nitrogens is 1. The average molecular weight is 253 g/mol. The highest BCUT2D eigenvalue weighted by molar-refractivity contribution is 7.98. The van der Waals surface area contributed by atoms with Crippen molar-refractivity contribution < 1.29 is 4.79 Å². The highest BCUT2D eigenvalue weighted by Gasteiger charge is 2.10. The van der Waals surface area contributed by atoms with Gasteiger partial charge in [0.25, 0.3) is 5.91 Å². The molecule has 0 fully saturated rings. The van der Waals surface area contributed by atoms with E-state index in [0.717, 1.165) is 18.1 Å². The molecule has 94 valence electrons. The standard InChI is InChI=1S/C12H19N3OS/c1-4-13-11-7-5-6-10(15-11)12(16)14-9(2)8-17-3/h5-7,9H,4,8H2,1-3H3,(H,13,15)(H,14,16). The van der Waals surface area contributed by atoms with Crippen LogP contribution in [0.5, 0.6) is 0 Å². The summed E-state index contributed by atoms with van der Waals surface area (Å²) in [5.74, 6) is 1.52. The zero-order valence-electron chi connectivity index (χ0n) is 10.5. The highest BCUT2D eigenvalue weighted by atomic mass is 32.2. The van der Waals surface area contributed by atoms with Crippen LogP contribution < -0.4 is 10.6 Å². The first kappa shape index (κ1) is 13.8. The third-order valence-electron chi connectivity index (χ3n) is 2.13. The molecule has 0 aliphatic rings. The Morgan fingerprint density at radius 2 is 2.29 bits per heavy atom. The van der Waals surface area contributed by atoms with Crippen molar-refractivity contribution in [1.29, 1.82) is 0 Å². The van der Waals surface area contributed by atoms with E-state index in [1.807, 2.05) is 32.2 Å². The second-order valence-electron chi connectivity index (χ2n) is 3.77. The van der Waals surface area contributed by atoms with Crippen LogP contribution >= 0.6 is 11.8 Å². The van der Waals surface area contributed by atoms with E-state index in [0.29, 0.717) is 5.69 Å². The third-order valence-corrected chi connectivity index (χ3v) is 2.97. The SMILES string of the molecule is CCNc1cccc(C(=O)NC(C)CSC)n1. The first-order valence-corrected chi connectivity index (χ1v) is 7.07. The van der Waals surface area contributed by atoms with Crippen molar-refractivity contribution in [2.45, 2.75) is 19.9 Å². The Labute approximate surface area is 107 Å². The maximum absolute atomic E-state index is 11.9. The van der Waals surface area contributed by atoms with Crippen molar-refractivity contribution in [3.63, 3.8) is 0 Å². The fraction of sp³-hybridized carbons (Fsp3) is 0.500. The summed E-state index contributed by atoms with van der Waals surface area (Å²) >= 11 is 1.71. The fourth-order valence-electron chi connectivity index (χ4n) is 1.43. The van der Waals surface area contributed by atoms with Crippen LogP contribution in [0.3, 0.4) is 0 Å². The van der Waals surface area contributed by atoms with Crippen molar-refractivity contribution in [2.75, 3.05) is 23.9 Å². The van der Waals surface area contributed by atoms with Crippen molar-refractivity contribution >= 4 is 23.5 Å². The lowest BCUT2D eigenvalue weighted by atomic mass is 10.3. The molecule has 1 aromatic heterocycles. The molecule has 0 aliphatic heterocycles. The number of nitrogens with one attached hydrogen (secondary N) is 2. The highest BCUT2D eigenvalue weighted by Crippen LogP contribution is 2.05. The molecule has 0 saturated heterocycles. The van der Waals surface area contributed by atoms with Crippen molar-refractivity contribution in [1.82, 2.24) is 10.3 Å². The minimum atomic E-state index is -0.119. The first-order valence-electron chi connectivity index (χ1n) is 5.68. The van der Waals surface area contributed by atoms with E-state index in [-0.39, 0.29) is 11.9 Å². The molecule has 0 radical (unpaired) electrons. The lowest BCUT2D eigenvalue weighted by Crippen LogP contribution is -2.34. The molecular weight excluding hydrogens is 234 g/mol. The van der Waals surface area contributed by atoms with Gasteiger partial charge in [-0.3, -0.25) is 4.79 Å². The fourth-order valence-corrected chi connectivity index (χ4v) is 2.01. The number of nitrogens with zero attached hydrogens (tertiary/aromatic N) is 1. The molecule has 0 saturated carbocycles. The maximum Gasteiger partial charge on any atom is 0.270 e. The minimum absolute atomic E-state index is 0.119. The number of carbonyl (C=O) groups excluding carboxylic acids is 1. The number of rotatable bonds is 6. The number of pyridine rings is 1. The van der Waals surface area contributed by atoms with Gasteiger partial charge in [0.2, 0.25) is 0 Å². The minimum Gasteiger partial charge on any atom is -0.370 e. The van der Waals surface area contributed by atoms with Crippen LogP contribution in [0.4, 0.5) is 5.82 Å². The second kappa shape index (κ2) is 7.17. The van der Waals surface area contributed by atoms with Crippen LogP contribution in [0, 0.1) is 0 Å². The lowest BCUT2D eigenvalue weighted by molar-refractivity contribution is 0.0939. The van der Waals surface area contributed by atoms with E-state index in [1.165, 1.54) is 0 Å². The van der Waals surface area contributed by atoms with Gasteiger partial charge in [-0.15, -0.1) is 0 Å². The zero-order chi connectivity index (χ0) is 12.7. The van der Waals surface area contributed by atoms with Crippen LogP contribution in [0.25, 0.3) is 0 Å². The number of hydrogen-bond acceptors (Lipinski definition) is 4. The summed E-state index contributed by atoms with van der Waals surface area (Å²) in [5.41, 5.74) is 0.455. The van der Waals surface area contributed by atoms with Crippen LogP contribution in [-0.2, 0) is 0 Å². The smallest absolute Gasteiger partial charge is 0.270 e. The number of anilines is 1. The predicted molar refractivity (Wildman–Crippen MR) is 73.7 cm³/mol. The van der Waals surface area contributed by atoms with Crippen molar-refractivity contribution in [2.24, 2.45) is 0 Å². The normalized spacial score (nSPS) is 11.9. The molecular formula is C12H19N3OS. The number of carbonyl (C=O) groups is 1. The quantitative estimate of drug-likeness (QED) is 0.814. The van der Waals surface area contributed by atoms with Gasteiger partial charge in [-0.05, 0) is 32.2 Å². The van der Waals surface area contributed by atoms with Crippen LogP contribution in [0.1, 0.15) is 24.3 Å². The van der Waals surface area contributed by atoms with Gasteiger partial charge in [0.15, 0.2) is 0 Å². The van der Waals surface area contributed by atoms with Gasteiger partial charge in [0.05, 0.1) is 0 Å². The van der Waals surface area contributed by atoms with E-state index >= 15 is 0 Å². The summed E-state index contributed by atoms with van der Waals surface area (Å²) in [6.45, 7) is 4.78. The molecule has 0 aromatic carbocycles. The Morgan fingerprint density at radius 1 is 1.53 bits per heavy atom. The summed E-state index contributed by atoms with van der Waals surface area (Å²) in [5, 5.41) is 6.00. The maximum atomic E-state index is 11.9. The molecule has 1 heterocycles. The van der Waals surface area contributed by atoms with Gasteiger partial charge >= 0.3 is 0 Å². The molecule has 4 nitrogen and oxygen atoms in total. The molecule has 1 aromatic rings. The Morgan fingerprint density at radius 3 is 2.94 bits per heavy atom. The average Bonchev–Trinajstić information content (AvgIpc) is 2.30. The Hall–Kier alpha value is -1.23. The molecule has 5 heteroatoms. The Balaban J connectivity index is 2.65. The second-order valence-corrected chi connectivity index (χ2v) is 4.68. The monoisotopic (exact) mass is 253 g/mol. The van der Waals surface area contributed by atoms with Gasteiger partial charge in [0, 0.05) is 18.3 Å². The van der Waals surface area contributed by atoms with Crippen molar-refractivity contribution in [3.8, 4) is 0 Å². The van der Waals surface area contributed by atoms with E-state index in [2.05, 4.69) is 15.6 Å². The van der Waals surface area contributed by atoms with E-state index in [4.69, 9.17) is 0 Å². The summed E-state index contributed by atoms with van der Waals surface area (Å²) in [6, 6.07) is 5.56. The van der Waals surface area contributed by atoms with Gasteiger partial charge < -0.3 is 10.6 Å². The van der Waals surface area contributed by atoms with E-state index in [9.17, 15) is 4.79 Å². The summed E-state index contributed by atoms with van der Waals surface area (Å²) in [7, 11) is 0. The molecule has 2 N–H and O–H groups in total. The molecule has 1 rings (SSSR count). The Bertz CT molecular complexity index is 371.